The van der Waals surface area contributed by atoms with Crippen LogP contribution in [0.25, 0.3) is 0 Å². The summed E-state index contributed by atoms with van der Waals surface area (Å²) in [6.45, 7) is 3.03. The fourth-order valence-electron chi connectivity index (χ4n) is 6.10. The summed E-state index contributed by atoms with van der Waals surface area (Å²) < 4.78 is 0. The largest absolute Gasteiger partial charge is 0.394 e. The highest BCUT2D eigenvalue weighted by atomic mass is 16.3. The number of likely N-dealkylation sites (tertiary alicyclic amines) is 1. The van der Waals surface area contributed by atoms with E-state index in [1.54, 1.807) is 0 Å². The summed E-state index contributed by atoms with van der Waals surface area (Å²) in [6, 6.07) is 0.0965. The molecule has 0 aromatic rings. The number of hydrogen-bond donors (Lipinski definition) is 2. The van der Waals surface area contributed by atoms with Gasteiger partial charge in [0.05, 0.1) is 12.6 Å². The van der Waals surface area contributed by atoms with E-state index in [1.807, 2.05) is 4.90 Å². The number of nitrogens with one attached hydrogen (secondary N) is 1. The van der Waals surface area contributed by atoms with E-state index in [-0.39, 0.29) is 24.2 Å². The third-order valence-corrected chi connectivity index (χ3v) is 6.74. The molecule has 5 fully saturated rings. The van der Waals surface area contributed by atoms with Crippen LogP contribution >= 0.6 is 0 Å². The Hall–Kier alpha value is -0.770. The molecule has 2 unspecified atom stereocenters. The SMILES string of the molecule is CC1CCN(C(=O)NC23CC4CC(CC(C4)C2)C3)C1CO. The van der Waals surface area contributed by atoms with E-state index in [2.05, 4.69) is 12.2 Å². The lowest BCUT2D eigenvalue weighted by atomic mass is 9.53. The van der Waals surface area contributed by atoms with Gasteiger partial charge in [-0.1, -0.05) is 6.92 Å². The van der Waals surface area contributed by atoms with Crippen molar-refractivity contribution in [3.63, 3.8) is 0 Å². The molecular weight excluding hydrogens is 264 g/mol. The summed E-state index contributed by atoms with van der Waals surface area (Å²) in [5, 5.41) is 13.0. The second kappa shape index (κ2) is 4.87. The fourth-order valence-corrected chi connectivity index (χ4v) is 6.10. The molecule has 2 N–H and O–H groups in total. The molecule has 1 saturated heterocycles. The van der Waals surface area contributed by atoms with Crippen molar-refractivity contribution in [2.24, 2.45) is 23.7 Å². The molecule has 21 heavy (non-hydrogen) atoms. The number of nitrogens with zero attached hydrogens (tertiary/aromatic N) is 1. The number of aliphatic hydroxyl groups is 1. The van der Waals surface area contributed by atoms with Gasteiger partial charge in [0.25, 0.3) is 0 Å². The summed E-state index contributed by atoms with van der Waals surface area (Å²) in [5.41, 5.74) is 0.0810. The molecule has 2 atom stereocenters. The molecule has 4 saturated carbocycles. The first-order chi connectivity index (χ1) is 10.1. The maximum absolute atomic E-state index is 12.7. The highest BCUT2D eigenvalue weighted by molar-refractivity contribution is 5.76. The molecule has 0 spiro atoms. The molecule has 118 valence electrons. The minimum Gasteiger partial charge on any atom is -0.394 e. The van der Waals surface area contributed by atoms with Gasteiger partial charge in [0.2, 0.25) is 0 Å². The zero-order valence-electron chi connectivity index (χ0n) is 13.1. The molecule has 0 aromatic carbocycles. The van der Waals surface area contributed by atoms with E-state index >= 15 is 0 Å². The Balaban J connectivity index is 1.47. The first-order valence-corrected chi connectivity index (χ1v) is 8.78. The van der Waals surface area contributed by atoms with E-state index in [9.17, 15) is 9.90 Å². The maximum Gasteiger partial charge on any atom is 0.318 e. The van der Waals surface area contributed by atoms with Crippen LogP contribution in [0.3, 0.4) is 0 Å². The van der Waals surface area contributed by atoms with Gasteiger partial charge in [0.15, 0.2) is 0 Å². The van der Waals surface area contributed by atoms with Crippen LogP contribution in [-0.4, -0.2) is 40.8 Å². The Morgan fingerprint density at radius 1 is 1.19 bits per heavy atom. The molecule has 0 radical (unpaired) electrons. The summed E-state index contributed by atoms with van der Waals surface area (Å²) in [6.07, 6.45) is 8.78. The molecular formula is C17H28N2O2. The topological polar surface area (TPSA) is 52.6 Å². The van der Waals surface area contributed by atoms with E-state index < -0.39 is 0 Å². The highest BCUT2D eigenvalue weighted by Crippen LogP contribution is 2.55. The van der Waals surface area contributed by atoms with E-state index in [0.29, 0.717) is 5.92 Å². The number of aliphatic hydroxyl groups excluding tert-OH is 1. The monoisotopic (exact) mass is 292 g/mol. The van der Waals surface area contributed by atoms with Gasteiger partial charge in [0.1, 0.15) is 0 Å². The van der Waals surface area contributed by atoms with Crippen molar-refractivity contribution in [2.45, 2.75) is 63.5 Å². The summed E-state index contributed by atoms with van der Waals surface area (Å²) in [4.78, 5) is 14.6. The van der Waals surface area contributed by atoms with Gasteiger partial charge in [-0.3, -0.25) is 0 Å². The Bertz CT molecular complexity index is 401. The van der Waals surface area contributed by atoms with E-state index in [1.165, 1.54) is 38.5 Å². The van der Waals surface area contributed by atoms with Crippen LogP contribution in [0.1, 0.15) is 51.9 Å². The molecule has 1 aliphatic heterocycles. The van der Waals surface area contributed by atoms with Gasteiger partial charge >= 0.3 is 6.03 Å². The average molecular weight is 292 g/mol. The summed E-state index contributed by atoms with van der Waals surface area (Å²) in [7, 11) is 0. The first kappa shape index (κ1) is 13.9. The van der Waals surface area contributed by atoms with Crippen molar-refractivity contribution < 1.29 is 9.90 Å². The zero-order chi connectivity index (χ0) is 14.6. The number of hydrogen-bond acceptors (Lipinski definition) is 2. The molecule has 4 aliphatic carbocycles. The fraction of sp³-hybridized carbons (Fsp3) is 0.941. The van der Waals surface area contributed by atoms with Gasteiger partial charge in [-0.05, 0) is 68.6 Å². The van der Waals surface area contributed by atoms with Crippen LogP contribution in [-0.2, 0) is 0 Å². The van der Waals surface area contributed by atoms with Crippen molar-refractivity contribution in [2.75, 3.05) is 13.2 Å². The van der Waals surface area contributed by atoms with Crippen molar-refractivity contribution in [3.05, 3.63) is 0 Å². The van der Waals surface area contributed by atoms with Gasteiger partial charge in [-0.15, -0.1) is 0 Å². The van der Waals surface area contributed by atoms with Gasteiger partial charge in [-0.2, -0.15) is 0 Å². The predicted molar refractivity (Wildman–Crippen MR) is 80.8 cm³/mol. The minimum absolute atomic E-state index is 0.0129. The molecule has 0 aromatic heterocycles. The third kappa shape index (κ3) is 2.26. The van der Waals surface area contributed by atoms with Crippen LogP contribution < -0.4 is 5.32 Å². The molecule has 4 bridgehead atoms. The lowest BCUT2D eigenvalue weighted by Gasteiger charge is -2.57. The molecule has 2 amide bonds. The predicted octanol–water partition coefficient (Wildman–Crippen LogP) is 2.37. The lowest BCUT2D eigenvalue weighted by molar-refractivity contribution is -0.0164. The quantitative estimate of drug-likeness (QED) is 0.821. The first-order valence-electron chi connectivity index (χ1n) is 8.78. The number of amides is 2. The van der Waals surface area contributed by atoms with Crippen LogP contribution in [0, 0.1) is 23.7 Å². The summed E-state index contributed by atoms with van der Waals surface area (Å²) in [5.74, 6) is 2.96. The van der Waals surface area contributed by atoms with Crippen LogP contribution in [0.5, 0.6) is 0 Å². The summed E-state index contributed by atoms with van der Waals surface area (Å²) >= 11 is 0. The number of carbonyl (C=O) groups is 1. The third-order valence-electron chi connectivity index (χ3n) is 6.74. The lowest BCUT2D eigenvalue weighted by Crippen LogP contribution is -2.62. The zero-order valence-corrected chi connectivity index (χ0v) is 13.1. The second-order valence-corrected chi connectivity index (χ2v) is 8.34. The Kier molecular flexibility index (Phi) is 3.21. The van der Waals surface area contributed by atoms with E-state index in [4.69, 9.17) is 0 Å². The second-order valence-electron chi connectivity index (χ2n) is 8.34. The maximum atomic E-state index is 12.7. The van der Waals surface area contributed by atoms with Gasteiger partial charge in [0, 0.05) is 12.1 Å². The smallest absolute Gasteiger partial charge is 0.318 e. The van der Waals surface area contributed by atoms with Crippen LogP contribution in [0.2, 0.25) is 0 Å². The van der Waals surface area contributed by atoms with Crippen molar-refractivity contribution in [3.8, 4) is 0 Å². The molecule has 1 heterocycles. The highest BCUT2D eigenvalue weighted by Gasteiger charge is 2.52. The minimum atomic E-state index is 0.0129. The normalized spacial score (nSPS) is 47.9. The molecule has 5 aliphatic rings. The average Bonchev–Trinajstić information content (AvgIpc) is 2.77. The van der Waals surface area contributed by atoms with Crippen LogP contribution in [0.4, 0.5) is 4.79 Å². The number of urea groups is 1. The standard InChI is InChI=1S/C17H28N2O2/c1-11-2-3-19(15(11)10-20)16(21)18-17-7-12-4-13(8-17)6-14(5-12)9-17/h11-15,20H,2-10H2,1H3,(H,18,21). The van der Waals surface area contributed by atoms with Crippen molar-refractivity contribution >= 4 is 6.03 Å². The van der Waals surface area contributed by atoms with Crippen molar-refractivity contribution in [1.82, 2.24) is 10.2 Å². The number of carbonyl (C=O) groups excluding carboxylic acids is 1. The van der Waals surface area contributed by atoms with Crippen molar-refractivity contribution in [1.29, 1.82) is 0 Å². The molecule has 4 nitrogen and oxygen atoms in total. The Morgan fingerprint density at radius 2 is 1.76 bits per heavy atom. The van der Waals surface area contributed by atoms with Gasteiger partial charge < -0.3 is 15.3 Å². The van der Waals surface area contributed by atoms with E-state index in [0.717, 1.165) is 30.7 Å². The number of rotatable bonds is 2. The Labute approximate surface area is 127 Å². The molecule has 5 rings (SSSR count). The van der Waals surface area contributed by atoms with Crippen LogP contribution in [0.15, 0.2) is 0 Å². The van der Waals surface area contributed by atoms with Gasteiger partial charge in [-0.25, -0.2) is 4.79 Å². The Morgan fingerprint density at radius 3 is 2.29 bits per heavy atom. The molecule has 4 heteroatoms.